The molecule has 1 amide bonds. The van der Waals surface area contributed by atoms with Crippen LogP contribution in [0.2, 0.25) is 0 Å². The number of amides is 1. The van der Waals surface area contributed by atoms with Crippen molar-refractivity contribution in [3.05, 3.63) is 58.7 Å². The van der Waals surface area contributed by atoms with E-state index in [0.29, 0.717) is 17.7 Å². The molecule has 0 heterocycles. The van der Waals surface area contributed by atoms with E-state index >= 15 is 0 Å². The highest BCUT2D eigenvalue weighted by molar-refractivity contribution is 5.96. The van der Waals surface area contributed by atoms with Crippen molar-refractivity contribution in [2.24, 2.45) is 0 Å². The average molecular weight is 311 g/mol. The van der Waals surface area contributed by atoms with Crippen LogP contribution in [-0.2, 0) is 11.2 Å². The van der Waals surface area contributed by atoms with Crippen LogP contribution in [0.3, 0.4) is 0 Å². The van der Waals surface area contributed by atoms with Crippen molar-refractivity contribution < 1.29 is 14.3 Å². The molecule has 0 saturated heterocycles. The third-order valence-electron chi connectivity index (χ3n) is 3.78. The number of Topliss-reactive ketones (excluding diaryl/α,β-unsaturated/α-hetero) is 1. The van der Waals surface area contributed by atoms with Gasteiger partial charge in [-0.25, -0.2) is 0 Å². The third-order valence-corrected chi connectivity index (χ3v) is 3.78. The first kappa shape index (κ1) is 16.7. The zero-order valence-corrected chi connectivity index (χ0v) is 13.9. The van der Waals surface area contributed by atoms with Gasteiger partial charge in [-0.1, -0.05) is 6.07 Å². The van der Waals surface area contributed by atoms with Crippen molar-refractivity contribution in [1.29, 1.82) is 0 Å². The maximum atomic E-state index is 12.2. The Bertz CT molecular complexity index is 733. The van der Waals surface area contributed by atoms with E-state index < -0.39 is 0 Å². The Morgan fingerprint density at radius 2 is 1.70 bits per heavy atom. The summed E-state index contributed by atoms with van der Waals surface area (Å²) in [4.78, 5) is 23.5. The highest BCUT2D eigenvalue weighted by Gasteiger charge is 2.10. The molecule has 2 rings (SSSR count). The fraction of sp³-hybridized carbons (Fsp3) is 0.263. The van der Waals surface area contributed by atoms with E-state index in [1.54, 1.807) is 31.4 Å². The molecule has 0 atom stereocenters. The molecule has 0 aliphatic carbocycles. The molecule has 23 heavy (non-hydrogen) atoms. The number of methoxy groups -OCH3 is 1. The molecule has 4 heteroatoms. The molecule has 0 spiro atoms. The van der Waals surface area contributed by atoms with Gasteiger partial charge in [0.1, 0.15) is 5.75 Å². The van der Waals surface area contributed by atoms with Crippen LogP contribution in [0, 0.1) is 13.8 Å². The van der Waals surface area contributed by atoms with E-state index in [1.807, 2.05) is 26.0 Å². The minimum atomic E-state index is -0.0896. The smallest absolute Gasteiger partial charge is 0.228 e. The van der Waals surface area contributed by atoms with Crippen LogP contribution >= 0.6 is 0 Å². The molecule has 0 radical (unpaired) electrons. The lowest BCUT2D eigenvalue weighted by molar-refractivity contribution is -0.115. The molecular formula is C19H21NO3. The van der Waals surface area contributed by atoms with Gasteiger partial charge in [0, 0.05) is 11.3 Å². The van der Waals surface area contributed by atoms with Crippen molar-refractivity contribution in [2.45, 2.75) is 27.2 Å². The number of carbonyl (C=O) groups excluding carboxylic acids is 2. The van der Waals surface area contributed by atoms with Gasteiger partial charge in [0.25, 0.3) is 0 Å². The van der Waals surface area contributed by atoms with Crippen molar-refractivity contribution in [3.8, 4) is 5.75 Å². The summed E-state index contributed by atoms with van der Waals surface area (Å²) in [6.45, 7) is 5.44. The Balaban J connectivity index is 2.07. The monoisotopic (exact) mass is 311 g/mol. The Hall–Kier alpha value is -2.62. The molecule has 0 aromatic heterocycles. The molecule has 0 aliphatic rings. The molecule has 0 unspecified atom stereocenters. The molecule has 2 aromatic rings. The van der Waals surface area contributed by atoms with Crippen LogP contribution in [0.15, 0.2) is 36.4 Å². The van der Waals surface area contributed by atoms with Crippen LogP contribution in [-0.4, -0.2) is 18.8 Å². The molecule has 0 fully saturated rings. The molecule has 4 nitrogen and oxygen atoms in total. The number of ketones is 1. The van der Waals surface area contributed by atoms with E-state index in [-0.39, 0.29) is 11.7 Å². The van der Waals surface area contributed by atoms with Crippen LogP contribution in [0.1, 0.15) is 34.0 Å². The molecule has 2 aromatic carbocycles. The summed E-state index contributed by atoms with van der Waals surface area (Å²) in [5.74, 6) is 0.743. The minimum absolute atomic E-state index is 0.00668. The van der Waals surface area contributed by atoms with Gasteiger partial charge < -0.3 is 10.1 Å². The number of aryl methyl sites for hydroxylation is 2. The maximum absolute atomic E-state index is 12.2. The van der Waals surface area contributed by atoms with Crippen LogP contribution in [0.5, 0.6) is 5.75 Å². The van der Waals surface area contributed by atoms with Gasteiger partial charge in [-0.05, 0) is 67.8 Å². The van der Waals surface area contributed by atoms with Crippen LogP contribution in [0.4, 0.5) is 5.69 Å². The Morgan fingerprint density at radius 3 is 2.26 bits per heavy atom. The number of anilines is 1. The van der Waals surface area contributed by atoms with Gasteiger partial charge in [-0.15, -0.1) is 0 Å². The number of ether oxygens (including phenoxy) is 1. The first-order valence-corrected chi connectivity index (χ1v) is 7.45. The standard InChI is InChI=1S/C19H21NO3/c1-12-10-18(23-4)13(2)9-16(12)11-19(22)20-17-7-5-15(6-8-17)14(3)21/h5-10H,11H2,1-4H3,(H,20,22). The zero-order chi connectivity index (χ0) is 17.0. The summed E-state index contributed by atoms with van der Waals surface area (Å²) in [6, 6.07) is 10.8. The summed E-state index contributed by atoms with van der Waals surface area (Å²) >= 11 is 0. The molecule has 0 saturated carbocycles. The number of hydrogen-bond acceptors (Lipinski definition) is 3. The summed E-state index contributed by atoms with van der Waals surface area (Å²) < 4.78 is 5.28. The first-order chi connectivity index (χ1) is 10.9. The highest BCUT2D eigenvalue weighted by atomic mass is 16.5. The normalized spacial score (nSPS) is 10.3. The second kappa shape index (κ2) is 7.09. The topological polar surface area (TPSA) is 55.4 Å². The molecule has 120 valence electrons. The van der Waals surface area contributed by atoms with Crippen molar-refractivity contribution >= 4 is 17.4 Å². The second-order valence-electron chi connectivity index (χ2n) is 5.61. The van der Waals surface area contributed by atoms with Gasteiger partial charge in [0.2, 0.25) is 5.91 Å². The summed E-state index contributed by atoms with van der Waals surface area (Å²) in [7, 11) is 1.64. The van der Waals surface area contributed by atoms with Gasteiger partial charge in [-0.3, -0.25) is 9.59 Å². The van der Waals surface area contributed by atoms with Crippen molar-refractivity contribution in [1.82, 2.24) is 0 Å². The molecule has 0 bridgehead atoms. The minimum Gasteiger partial charge on any atom is -0.496 e. The van der Waals surface area contributed by atoms with E-state index in [4.69, 9.17) is 4.74 Å². The fourth-order valence-corrected chi connectivity index (χ4v) is 2.43. The summed E-state index contributed by atoms with van der Waals surface area (Å²) in [5, 5.41) is 2.85. The lowest BCUT2D eigenvalue weighted by Gasteiger charge is -2.12. The fourth-order valence-electron chi connectivity index (χ4n) is 2.43. The summed E-state index contributed by atoms with van der Waals surface area (Å²) in [5.41, 5.74) is 4.31. The van der Waals surface area contributed by atoms with Gasteiger partial charge in [0.15, 0.2) is 5.78 Å². The lowest BCUT2D eigenvalue weighted by Crippen LogP contribution is -2.15. The van der Waals surface area contributed by atoms with Crippen LogP contribution in [0.25, 0.3) is 0 Å². The Morgan fingerprint density at radius 1 is 1.04 bits per heavy atom. The number of carbonyl (C=O) groups is 2. The largest absolute Gasteiger partial charge is 0.496 e. The lowest BCUT2D eigenvalue weighted by atomic mass is 10.0. The predicted molar refractivity (Wildman–Crippen MR) is 91.2 cm³/mol. The number of rotatable bonds is 5. The molecule has 1 N–H and O–H groups in total. The molecule has 0 aliphatic heterocycles. The SMILES string of the molecule is COc1cc(C)c(CC(=O)Nc2ccc(C(C)=O)cc2)cc1C. The molecular weight excluding hydrogens is 290 g/mol. The predicted octanol–water partition coefficient (Wildman–Crippen LogP) is 3.70. The van der Waals surface area contributed by atoms with Crippen molar-refractivity contribution in [2.75, 3.05) is 12.4 Å². The van der Waals surface area contributed by atoms with E-state index in [9.17, 15) is 9.59 Å². The van der Waals surface area contributed by atoms with Gasteiger partial charge in [0.05, 0.1) is 13.5 Å². The van der Waals surface area contributed by atoms with E-state index in [2.05, 4.69) is 5.32 Å². The van der Waals surface area contributed by atoms with Gasteiger partial charge in [-0.2, -0.15) is 0 Å². The Kier molecular flexibility index (Phi) is 5.16. The maximum Gasteiger partial charge on any atom is 0.228 e. The summed E-state index contributed by atoms with van der Waals surface area (Å²) in [6.07, 6.45) is 0.297. The van der Waals surface area contributed by atoms with Crippen molar-refractivity contribution in [3.63, 3.8) is 0 Å². The number of benzene rings is 2. The number of hydrogen-bond donors (Lipinski definition) is 1. The van der Waals surface area contributed by atoms with E-state index in [1.165, 1.54) is 6.92 Å². The third kappa shape index (κ3) is 4.19. The first-order valence-electron chi connectivity index (χ1n) is 7.45. The zero-order valence-electron chi connectivity index (χ0n) is 13.9. The van der Waals surface area contributed by atoms with Crippen LogP contribution < -0.4 is 10.1 Å². The average Bonchev–Trinajstić information content (AvgIpc) is 2.51. The van der Waals surface area contributed by atoms with E-state index in [0.717, 1.165) is 22.4 Å². The highest BCUT2D eigenvalue weighted by Crippen LogP contribution is 2.23. The number of nitrogens with one attached hydrogen (secondary N) is 1. The Labute approximate surface area is 136 Å². The quantitative estimate of drug-likeness (QED) is 0.857. The second-order valence-corrected chi connectivity index (χ2v) is 5.61. The van der Waals surface area contributed by atoms with Gasteiger partial charge >= 0.3 is 0 Å².